The molecule has 6 nitrogen and oxygen atoms in total. The summed E-state index contributed by atoms with van der Waals surface area (Å²) in [5, 5.41) is 6.92. The van der Waals surface area contributed by atoms with Crippen LogP contribution in [-0.2, 0) is 4.79 Å². The van der Waals surface area contributed by atoms with Crippen molar-refractivity contribution in [2.75, 3.05) is 39.3 Å². The Balaban J connectivity index is 0.00000392. The van der Waals surface area contributed by atoms with Gasteiger partial charge in [0.2, 0.25) is 5.91 Å². The van der Waals surface area contributed by atoms with Crippen molar-refractivity contribution in [2.24, 2.45) is 16.8 Å². The highest BCUT2D eigenvalue weighted by Crippen LogP contribution is 2.27. The second kappa shape index (κ2) is 11.6. The second-order valence-electron chi connectivity index (χ2n) is 9.18. The number of piperidine rings is 1. The average Bonchev–Trinajstić information content (AvgIpc) is 3.07. The van der Waals surface area contributed by atoms with Crippen molar-refractivity contribution in [3.63, 3.8) is 0 Å². The zero-order valence-electron chi connectivity index (χ0n) is 18.8. The maximum absolute atomic E-state index is 11.9. The van der Waals surface area contributed by atoms with E-state index in [2.05, 4.69) is 50.2 Å². The molecule has 0 aromatic rings. The molecule has 2 N–H and O–H groups in total. The number of rotatable bonds is 6. The van der Waals surface area contributed by atoms with E-state index >= 15 is 0 Å². The molecule has 0 bridgehead atoms. The van der Waals surface area contributed by atoms with Crippen molar-refractivity contribution >= 4 is 35.8 Å². The van der Waals surface area contributed by atoms with Gasteiger partial charge in [0.1, 0.15) is 0 Å². The highest BCUT2D eigenvalue weighted by atomic mass is 127. The summed E-state index contributed by atoms with van der Waals surface area (Å²) in [4.78, 5) is 21.4. The Morgan fingerprint density at radius 3 is 2.36 bits per heavy atom. The molecule has 0 aromatic heterocycles. The van der Waals surface area contributed by atoms with Gasteiger partial charge < -0.3 is 15.5 Å². The molecule has 28 heavy (non-hydrogen) atoms. The van der Waals surface area contributed by atoms with Crippen LogP contribution < -0.4 is 10.6 Å². The molecule has 2 rings (SSSR count). The van der Waals surface area contributed by atoms with E-state index in [9.17, 15) is 4.79 Å². The van der Waals surface area contributed by atoms with Crippen molar-refractivity contribution in [1.29, 1.82) is 0 Å². The second-order valence-corrected chi connectivity index (χ2v) is 9.18. The molecule has 2 saturated heterocycles. The third kappa shape index (κ3) is 7.35. The van der Waals surface area contributed by atoms with E-state index in [0.717, 1.165) is 63.5 Å². The summed E-state index contributed by atoms with van der Waals surface area (Å²) >= 11 is 0. The number of nitrogens with zero attached hydrogens (tertiary/aromatic N) is 3. The minimum Gasteiger partial charge on any atom is -0.357 e. The number of guanidine groups is 1. The van der Waals surface area contributed by atoms with Crippen LogP contribution in [0, 0.1) is 11.8 Å². The smallest absolute Gasteiger partial charge is 0.222 e. The summed E-state index contributed by atoms with van der Waals surface area (Å²) in [6, 6.07) is 0.288. The molecule has 3 atom stereocenters. The molecule has 2 heterocycles. The van der Waals surface area contributed by atoms with Crippen LogP contribution in [0.2, 0.25) is 0 Å². The van der Waals surface area contributed by atoms with E-state index in [1.807, 2.05) is 11.8 Å². The van der Waals surface area contributed by atoms with Gasteiger partial charge in [0, 0.05) is 50.7 Å². The molecule has 1 amide bonds. The Morgan fingerprint density at radius 2 is 1.79 bits per heavy atom. The number of carbonyl (C=O) groups is 1. The molecular weight excluding hydrogens is 465 g/mol. The van der Waals surface area contributed by atoms with Crippen molar-refractivity contribution in [3.05, 3.63) is 0 Å². The molecule has 2 aliphatic heterocycles. The zero-order chi connectivity index (χ0) is 20.0. The van der Waals surface area contributed by atoms with Crippen LogP contribution in [0.5, 0.6) is 0 Å². The molecule has 0 aromatic carbocycles. The van der Waals surface area contributed by atoms with Gasteiger partial charge in [-0.05, 0) is 45.4 Å². The number of aliphatic imine (C=N–C) groups is 1. The van der Waals surface area contributed by atoms with E-state index in [1.54, 1.807) is 0 Å². The Morgan fingerprint density at radius 1 is 1.14 bits per heavy atom. The van der Waals surface area contributed by atoms with Gasteiger partial charge in [-0.2, -0.15) is 0 Å². The van der Waals surface area contributed by atoms with Crippen molar-refractivity contribution < 1.29 is 4.79 Å². The summed E-state index contributed by atoms with van der Waals surface area (Å²) in [5.41, 5.74) is 0.0468. The fourth-order valence-corrected chi connectivity index (χ4v) is 4.37. The minimum absolute atomic E-state index is 0. The average molecular weight is 508 g/mol. The van der Waals surface area contributed by atoms with Crippen LogP contribution in [0.3, 0.4) is 0 Å². The highest BCUT2D eigenvalue weighted by Gasteiger charge is 2.33. The zero-order valence-corrected chi connectivity index (χ0v) is 21.1. The van der Waals surface area contributed by atoms with E-state index in [0.29, 0.717) is 6.42 Å². The van der Waals surface area contributed by atoms with Crippen molar-refractivity contribution in [3.8, 4) is 0 Å². The summed E-state index contributed by atoms with van der Waals surface area (Å²) in [5.74, 6) is 2.63. The molecule has 2 fully saturated rings. The molecule has 2 aliphatic rings. The quantitative estimate of drug-likeness (QED) is 0.330. The van der Waals surface area contributed by atoms with E-state index in [4.69, 9.17) is 4.99 Å². The number of likely N-dealkylation sites (tertiary alicyclic amines) is 2. The first-order valence-corrected chi connectivity index (χ1v) is 10.8. The lowest BCUT2D eigenvalue weighted by Crippen LogP contribution is -2.53. The number of nitrogens with one attached hydrogen (secondary N) is 2. The van der Waals surface area contributed by atoms with Crippen LogP contribution >= 0.6 is 24.0 Å². The number of halogens is 1. The number of hydrogen-bond acceptors (Lipinski definition) is 3. The van der Waals surface area contributed by atoms with E-state index in [1.165, 1.54) is 6.42 Å². The fraction of sp³-hybridized carbons (Fsp3) is 0.905. The lowest BCUT2D eigenvalue weighted by molar-refractivity contribution is -0.129. The number of amides is 1. The van der Waals surface area contributed by atoms with Crippen molar-refractivity contribution in [1.82, 2.24) is 20.4 Å². The third-order valence-corrected chi connectivity index (χ3v) is 5.88. The van der Waals surface area contributed by atoms with Gasteiger partial charge in [0.25, 0.3) is 0 Å². The maximum atomic E-state index is 11.9. The van der Waals surface area contributed by atoms with Gasteiger partial charge in [-0.3, -0.25) is 14.7 Å². The first-order chi connectivity index (χ1) is 12.7. The highest BCUT2D eigenvalue weighted by molar-refractivity contribution is 14.0. The number of hydrogen-bond donors (Lipinski definition) is 2. The van der Waals surface area contributed by atoms with E-state index < -0.39 is 0 Å². The molecule has 0 spiro atoms. The number of carbonyl (C=O) groups excluding carboxylic acids is 1. The first kappa shape index (κ1) is 25.5. The molecule has 0 aliphatic carbocycles. The van der Waals surface area contributed by atoms with Gasteiger partial charge in [0.05, 0.1) is 6.54 Å². The van der Waals surface area contributed by atoms with Crippen LogP contribution in [0.4, 0.5) is 0 Å². The predicted octanol–water partition coefficient (Wildman–Crippen LogP) is 2.93. The lowest BCUT2D eigenvalue weighted by Gasteiger charge is -2.44. The molecule has 7 heteroatoms. The molecule has 0 saturated carbocycles. The van der Waals surface area contributed by atoms with Crippen LogP contribution in [0.1, 0.15) is 60.8 Å². The van der Waals surface area contributed by atoms with Crippen LogP contribution in [-0.4, -0.2) is 72.5 Å². The topological polar surface area (TPSA) is 60.0 Å². The SMILES string of the molecule is CCNC(=NCC(C)(C)N1CC(C)CC(C)C1)NC1CCN(C(=O)CC)C1.I. The molecule has 164 valence electrons. The first-order valence-electron chi connectivity index (χ1n) is 10.8. The minimum atomic E-state index is 0. The largest absolute Gasteiger partial charge is 0.357 e. The van der Waals surface area contributed by atoms with Gasteiger partial charge >= 0.3 is 0 Å². The van der Waals surface area contributed by atoms with Gasteiger partial charge in [0.15, 0.2) is 5.96 Å². The predicted molar refractivity (Wildman–Crippen MR) is 128 cm³/mol. The van der Waals surface area contributed by atoms with Crippen LogP contribution in [0.25, 0.3) is 0 Å². The summed E-state index contributed by atoms with van der Waals surface area (Å²) in [7, 11) is 0. The van der Waals surface area contributed by atoms with Crippen molar-refractivity contribution in [2.45, 2.75) is 72.4 Å². The summed E-state index contributed by atoms with van der Waals surface area (Å²) < 4.78 is 0. The summed E-state index contributed by atoms with van der Waals surface area (Å²) in [6.07, 6.45) is 2.90. The van der Waals surface area contributed by atoms with E-state index in [-0.39, 0.29) is 41.5 Å². The molecular formula is C21H42IN5O. The molecule has 3 unspecified atom stereocenters. The Kier molecular flexibility index (Phi) is 10.5. The fourth-order valence-electron chi connectivity index (χ4n) is 4.37. The Labute approximate surface area is 189 Å². The maximum Gasteiger partial charge on any atom is 0.222 e. The van der Waals surface area contributed by atoms with Gasteiger partial charge in [-0.1, -0.05) is 20.8 Å². The van der Waals surface area contributed by atoms with Crippen LogP contribution in [0.15, 0.2) is 4.99 Å². The third-order valence-electron chi connectivity index (χ3n) is 5.88. The normalized spacial score (nSPS) is 26.7. The summed E-state index contributed by atoms with van der Waals surface area (Å²) in [6.45, 7) is 18.9. The Bertz CT molecular complexity index is 515. The monoisotopic (exact) mass is 507 g/mol. The van der Waals surface area contributed by atoms with Gasteiger partial charge in [-0.25, -0.2) is 0 Å². The molecule has 0 radical (unpaired) electrons. The Hall–Kier alpha value is -0.570. The standard InChI is InChI=1S/C21H41N5O.HI/c1-7-19(27)25-10-9-18(14-25)24-20(22-8-2)23-15-21(5,6)26-12-16(3)11-17(4)13-26;/h16-18H,7-15H2,1-6H3,(H2,22,23,24);1H. The van der Waals surface area contributed by atoms with Gasteiger partial charge in [-0.15, -0.1) is 24.0 Å². The lowest BCUT2D eigenvalue weighted by atomic mass is 9.88.